The molecular weight excluding hydrogens is 497 g/mol. The van der Waals surface area contributed by atoms with Crippen LogP contribution in [0, 0.1) is 13.8 Å². The van der Waals surface area contributed by atoms with E-state index in [1.165, 1.54) is 0 Å². The van der Waals surface area contributed by atoms with Crippen molar-refractivity contribution in [3.05, 3.63) is 53.2 Å². The first-order valence-corrected chi connectivity index (χ1v) is 12.2. The van der Waals surface area contributed by atoms with Crippen LogP contribution in [0.25, 0.3) is 33.3 Å². The highest BCUT2D eigenvalue weighted by Gasteiger charge is 2.35. The van der Waals surface area contributed by atoms with E-state index in [0.29, 0.717) is 39.1 Å². The molecule has 1 N–H and O–H groups in total. The molecule has 38 heavy (non-hydrogen) atoms. The van der Waals surface area contributed by atoms with Crippen molar-refractivity contribution in [3.8, 4) is 11.3 Å². The van der Waals surface area contributed by atoms with Crippen molar-refractivity contribution in [3.63, 3.8) is 0 Å². The van der Waals surface area contributed by atoms with E-state index in [9.17, 15) is 18.3 Å². The second-order valence-electron chi connectivity index (χ2n) is 10.2. The van der Waals surface area contributed by atoms with Gasteiger partial charge in [-0.05, 0) is 51.8 Å². The number of halogens is 3. The summed E-state index contributed by atoms with van der Waals surface area (Å²) in [6.07, 6.45) is -2.34. The van der Waals surface area contributed by atoms with Crippen LogP contribution in [-0.2, 0) is 19.7 Å². The molecule has 1 unspecified atom stereocenters. The summed E-state index contributed by atoms with van der Waals surface area (Å²) in [5.74, 6) is 0. The second kappa shape index (κ2) is 8.90. The van der Waals surface area contributed by atoms with E-state index < -0.39 is 24.2 Å². The van der Waals surface area contributed by atoms with Gasteiger partial charge in [-0.25, -0.2) is 4.68 Å². The van der Waals surface area contributed by atoms with Gasteiger partial charge in [-0.2, -0.15) is 18.3 Å². The Hall–Kier alpha value is -3.80. The summed E-state index contributed by atoms with van der Waals surface area (Å²) in [6, 6.07) is 4.68. The number of fused-ring (bicyclic) bond motifs is 3. The number of aromatic nitrogens is 8. The minimum Gasteiger partial charge on any atom is -0.384 e. The molecule has 0 saturated carbocycles. The molecule has 200 valence electrons. The lowest BCUT2D eigenvalue weighted by Gasteiger charge is -2.24. The number of rotatable bonds is 6. The number of aryl methyl sites for hydroxylation is 4. The molecule has 0 radical (unpaired) electrons. The molecule has 0 fully saturated rings. The largest absolute Gasteiger partial charge is 0.389 e. The Kier molecular flexibility index (Phi) is 6.05. The first-order chi connectivity index (χ1) is 17.8. The maximum atomic E-state index is 13.6. The molecule has 0 aliphatic heterocycles. The van der Waals surface area contributed by atoms with Gasteiger partial charge in [0.2, 0.25) is 0 Å². The van der Waals surface area contributed by atoms with Gasteiger partial charge in [-0.3, -0.25) is 14.6 Å². The lowest BCUT2D eigenvalue weighted by molar-refractivity contribution is -0.136. The maximum Gasteiger partial charge on any atom is 0.389 e. The minimum absolute atomic E-state index is 0.253. The van der Waals surface area contributed by atoms with Gasteiger partial charge in [0.25, 0.3) is 0 Å². The normalized spacial score (nSPS) is 13.6. The summed E-state index contributed by atoms with van der Waals surface area (Å²) < 4.78 is 45.9. The third-order valence-corrected chi connectivity index (χ3v) is 6.84. The molecule has 0 amide bonds. The van der Waals surface area contributed by atoms with E-state index in [1.54, 1.807) is 55.8 Å². The SMILES string of the molecule is Cc1cccnc1C(CCC(F)(F)F)n1c2cc(-c3c(C)nnn3C)cnc2c2c1c(C(C)(C)O)nn2C. The molecule has 1 atom stereocenters. The average Bonchev–Trinajstić information content (AvgIpc) is 3.45. The summed E-state index contributed by atoms with van der Waals surface area (Å²) >= 11 is 0. The predicted molar refractivity (Wildman–Crippen MR) is 136 cm³/mol. The fraction of sp³-hybridized carbons (Fsp3) is 0.423. The first kappa shape index (κ1) is 25.8. The zero-order valence-electron chi connectivity index (χ0n) is 22.0. The van der Waals surface area contributed by atoms with Gasteiger partial charge in [0, 0.05) is 38.5 Å². The lowest BCUT2D eigenvalue weighted by atomic mass is 10.0. The van der Waals surface area contributed by atoms with Gasteiger partial charge < -0.3 is 9.67 Å². The number of aliphatic hydroxyl groups is 1. The Morgan fingerprint density at radius 3 is 2.39 bits per heavy atom. The molecule has 0 aliphatic carbocycles. The van der Waals surface area contributed by atoms with Crippen LogP contribution in [0.1, 0.15) is 55.4 Å². The fourth-order valence-corrected chi connectivity index (χ4v) is 5.20. The van der Waals surface area contributed by atoms with Gasteiger partial charge in [0.15, 0.2) is 0 Å². The topological polar surface area (TPSA) is 99.5 Å². The van der Waals surface area contributed by atoms with Crippen molar-refractivity contribution in [1.82, 2.24) is 39.3 Å². The van der Waals surface area contributed by atoms with Crippen molar-refractivity contribution < 1.29 is 18.3 Å². The molecule has 5 heterocycles. The van der Waals surface area contributed by atoms with Gasteiger partial charge in [-0.1, -0.05) is 11.3 Å². The molecule has 0 spiro atoms. The third kappa shape index (κ3) is 4.32. The zero-order valence-corrected chi connectivity index (χ0v) is 22.0. The van der Waals surface area contributed by atoms with Crippen LogP contribution >= 0.6 is 0 Å². The van der Waals surface area contributed by atoms with Crippen molar-refractivity contribution in [2.45, 2.75) is 58.4 Å². The Morgan fingerprint density at radius 1 is 1.05 bits per heavy atom. The van der Waals surface area contributed by atoms with Gasteiger partial charge in [-0.15, -0.1) is 5.10 Å². The van der Waals surface area contributed by atoms with Crippen LogP contribution in [-0.4, -0.2) is 50.6 Å². The number of hydrogen-bond acceptors (Lipinski definition) is 6. The van der Waals surface area contributed by atoms with Crippen LogP contribution in [0.2, 0.25) is 0 Å². The molecular formula is C26H29F3N8O. The maximum absolute atomic E-state index is 13.6. The van der Waals surface area contributed by atoms with Crippen molar-refractivity contribution in [2.75, 3.05) is 0 Å². The summed E-state index contributed by atoms with van der Waals surface area (Å²) in [5.41, 5.74) is 4.74. The molecule has 9 nitrogen and oxygen atoms in total. The highest BCUT2D eigenvalue weighted by atomic mass is 19.4. The number of pyridine rings is 2. The molecule has 5 rings (SSSR count). The van der Waals surface area contributed by atoms with Crippen LogP contribution < -0.4 is 0 Å². The van der Waals surface area contributed by atoms with Gasteiger partial charge in [0.1, 0.15) is 22.3 Å². The van der Waals surface area contributed by atoms with E-state index in [2.05, 4.69) is 20.4 Å². The fourth-order valence-electron chi connectivity index (χ4n) is 5.20. The molecule has 5 aromatic rings. The molecule has 0 bridgehead atoms. The standard InChI is InChI=1S/C26H29F3N8O/c1-14-8-7-11-30-19(14)17(9-10-26(27,28)29)37-18-12-16(21-15(2)32-34-36(21)6)13-31-20(18)22-23(37)24(25(3,4)38)33-35(22)5/h7-8,11-13,17,38H,9-10H2,1-6H3. The molecule has 5 aromatic heterocycles. The minimum atomic E-state index is -4.36. The van der Waals surface area contributed by atoms with Crippen molar-refractivity contribution in [2.24, 2.45) is 14.1 Å². The summed E-state index contributed by atoms with van der Waals surface area (Å²) in [5, 5.41) is 23.9. The van der Waals surface area contributed by atoms with Crippen LogP contribution in [0.15, 0.2) is 30.6 Å². The molecule has 0 saturated heterocycles. The summed E-state index contributed by atoms with van der Waals surface area (Å²) in [4.78, 5) is 9.28. The van der Waals surface area contributed by atoms with E-state index in [4.69, 9.17) is 4.98 Å². The third-order valence-electron chi connectivity index (χ3n) is 6.84. The molecule has 0 aliphatic rings. The summed E-state index contributed by atoms with van der Waals surface area (Å²) in [6.45, 7) is 6.89. The Balaban J connectivity index is 1.91. The number of nitrogens with zero attached hydrogens (tertiary/aromatic N) is 8. The lowest BCUT2D eigenvalue weighted by Crippen LogP contribution is -2.21. The van der Waals surface area contributed by atoms with E-state index in [-0.39, 0.29) is 6.42 Å². The van der Waals surface area contributed by atoms with Crippen molar-refractivity contribution in [1.29, 1.82) is 0 Å². The van der Waals surface area contributed by atoms with Crippen LogP contribution in [0.3, 0.4) is 0 Å². The quantitative estimate of drug-likeness (QED) is 0.338. The predicted octanol–water partition coefficient (Wildman–Crippen LogP) is 4.89. The van der Waals surface area contributed by atoms with Crippen LogP contribution in [0.4, 0.5) is 13.2 Å². The zero-order chi connectivity index (χ0) is 27.6. The van der Waals surface area contributed by atoms with E-state index in [0.717, 1.165) is 16.8 Å². The smallest absolute Gasteiger partial charge is 0.384 e. The Morgan fingerprint density at radius 2 is 1.79 bits per heavy atom. The number of alkyl halides is 3. The monoisotopic (exact) mass is 526 g/mol. The summed E-state index contributed by atoms with van der Waals surface area (Å²) in [7, 11) is 3.51. The molecule has 0 aromatic carbocycles. The first-order valence-electron chi connectivity index (χ1n) is 12.2. The van der Waals surface area contributed by atoms with Crippen LogP contribution in [0.5, 0.6) is 0 Å². The number of hydrogen-bond donors (Lipinski definition) is 1. The van der Waals surface area contributed by atoms with Gasteiger partial charge in [0.05, 0.1) is 34.2 Å². The van der Waals surface area contributed by atoms with Gasteiger partial charge >= 0.3 is 6.18 Å². The molecule has 12 heteroatoms. The highest BCUT2D eigenvalue weighted by Crippen LogP contribution is 2.41. The Labute approximate surface area is 216 Å². The van der Waals surface area contributed by atoms with E-state index >= 15 is 0 Å². The van der Waals surface area contributed by atoms with E-state index in [1.807, 2.05) is 30.5 Å². The van der Waals surface area contributed by atoms with Crippen molar-refractivity contribution >= 4 is 22.1 Å². The highest BCUT2D eigenvalue weighted by molar-refractivity contribution is 6.06. The Bertz CT molecular complexity index is 1640. The second-order valence-corrected chi connectivity index (χ2v) is 10.2. The average molecular weight is 527 g/mol.